The number of rotatable bonds is 6. The number of nitrogens with one attached hydrogen (secondary N) is 2. The van der Waals surface area contributed by atoms with E-state index in [4.69, 9.17) is 11.6 Å². The van der Waals surface area contributed by atoms with Gasteiger partial charge in [-0.15, -0.1) is 0 Å². The number of hydrogen-bond donors (Lipinski definition) is 2. The lowest BCUT2D eigenvalue weighted by Gasteiger charge is -2.07. The highest BCUT2D eigenvalue weighted by Gasteiger charge is 2.18. The summed E-state index contributed by atoms with van der Waals surface area (Å²) in [6.07, 6.45) is 2.60. The summed E-state index contributed by atoms with van der Waals surface area (Å²) >= 11 is 5.62. The molecule has 0 aliphatic rings. The average molecular weight is 333 g/mol. The van der Waals surface area contributed by atoms with Crippen LogP contribution in [0.5, 0.6) is 0 Å². The Morgan fingerprint density at radius 2 is 2.19 bits per heavy atom. The van der Waals surface area contributed by atoms with Crippen molar-refractivity contribution in [3.8, 4) is 0 Å². The van der Waals surface area contributed by atoms with Gasteiger partial charge in [-0.2, -0.15) is 5.10 Å². The van der Waals surface area contributed by atoms with E-state index in [2.05, 4.69) is 15.1 Å². The Morgan fingerprint density at radius 3 is 2.86 bits per heavy atom. The first-order chi connectivity index (χ1) is 9.92. The van der Waals surface area contributed by atoms with E-state index in [1.807, 2.05) is 0 Å². The molecule has 1 aromatic heterocycles. The molecule has 0 saturated heterocycles. The Hall–Kier alpha value is -1.64. The summed E-state index contributed by atoms with van der Waals surface area (Å²) < 4.78 is 41.6. The third kappa shape index (κ3) is 3.93. The molecule has 0 aliphatic heterocycles. The summed E-state index contributed by atoms with van der Waals surface area (Å²) in [5, 5.41) is 7.06. The minimum Gasteiger partial charge on any atom is -0.318 e. The number of nitrogens with zero attached hydrogens (tertiary/aromatic N) is 2. The minimum absolute atomic E-state index is 0.0343. The molecule has 0 spiro atoms. The maximum absolute atomic E-state index is 13.6. The van der Waals surface area contributed by atoms with E-state index in [9.17, 15) is 12.8 Å². The smallest absolute Gasteiger partial charge is 0.265 e. The second-order valence-corrected chi connectivity index (χ2v) is 6.39. The van der Waals surface area contributed by atoms with Crippen molar-refractivity contribution in [2.45, 2.75) is 11.4 Å². The molecule has 0 amide bonds. The maximum Gasteiger partial charge on any atom is 0.265 e. The molecule has 0 aliphatic carbocycles. The van der Waals surface area contributed by atoms with Gasteiger partial charge < -0.3 is 5.32 Å². The maximum atomic E-state index is 13.6. The molecule has 2 N–H and O–H groups in total. The Bertz CT molecular complexity index is 733. The zero-order valence-electron chi connectivity index (χ0n) is 11.2. The van der Waals surface area contributed by atoms with Crippen LogP contribution in [0.1, 0.15) is 0 Å². The minimum atomic E-state index is -3.89. The molecule has 0 bridgehead atoms. The standard InChI is InChI=1S/C12H14ClFN4O2S/c1-15-4-5-18-8-10(7-16-18)21(19,20)17-12-3-2-9(13)6-11(12)14/h2-3,6-8,15,17H,4-5H2,1H3. The molecule has 0 unspecified atom stereocenters. The van der Waals surface area contributed by atoms with Crippen molar-refractivity contribution < 1.29 is 12.8 Å². The lowest BCUT2D eigenvalue weighted by Crippen LogP contribution is -2.15. The monoisotopic (exact) mass is 332 g/mol. The number of hydrogen-bond acceptors (Lipinski definition) is 4. The normalized spacial score (nSPS) is 11.6. The topological polar surface area (TPSA) is 76.0 Å². The molecule has 0 saturated carbocycles. The Morgan fingerprint density at radius 1 is 1.43 bits per heavy atom. The zero-order chi connectivity index (χ0) is 15.5. The third-order valence-electron chi connectivity index (χ3n) is 2.69. The van der Waals surface area contributed by atoms with Gasteiger partial charge in [0.1, 0.15) is 10.7 Å². The van der Waals surface area contributed by atoms with Gasteiger partial charge in [-0.3, -0.25) is 9.40 Å². The van der Waals surface area contributed by atoms with Crippen molar-refractivity contribution in [3.63, 3.8) is 0 Å². The molecule has 0 radical (unpaired) electrons. The summed E-state index contributed by atoms with van der Waals surface area (Å²) in [7, 11) is -2.11. The van der Waals surface area contributed by atoms with Crippen molar-refractivity contribution in [2.75, 3.05) is 18.3 Å². The molecule has 1 heterocycles. The van der Waals surface area contributed by atoms with E-state index in [1.54, 1.807) is 7.05 Å². The van der Waals surface area contributed by atoms with Crippen molar-refractivity contribution in [1.29, 1.82) is 0 Å². The van der Waals surface area contributed by atoms with Gasteiger partial charge in [0.05, 0.1) is 18.4 Å². The van der Waals surface area contributed by atoms with Crippen molar-refractivity contribution in [1.82, 2.24) is 15.1 Å². The van der Waals surface area contributed by atoms with Crippen LogP contribution in [0.25, 0.3) is 0 Å². The van der Waals surface area contributed by atoms with Crippen molar-refractivity contribution in [2.24, 2.45) is 0 Å². The first-order valence-corrected chi connectivity index (χ1v) is 7.93. The number of aromatic nitrogens is 2. The summed E-state index contributed by atoms with van der Waals surface area (Å²) in [5.74, 6) is -0.742. The number of halogens is 2. The van der Waals surface area contributed by atoms with Gasteiger partial charge in [0.15, 0.2) is 0 Å². The fraction of sp³-hybridized carbons (Fsp3) is 0.250. The quantitative estimate of drug-likeness (QED) is 0.844. The molecule has 6 nitrogen and oxygen atoms in total. The first kappa shape index (κ1) is 15.7. The summed E-state index contributed by atoms with van der Waals surface area (Å²) in [6.45, 7) is 1.18. The largest absolute Gasteiger partial charge is 0.318 e. The van der Waals surface area contributed by atoms with Gasteiger partial charge in [0.25, 0.3) is 10.0 Å². The molecule has 21 heavy (non-hydrogen) atoms. The summed E-state index contributed by atoms with van der Waals surface area (Å²) in [5.41, 5.74) is -0.164. The Labute approximate surface area is 127 Å². The molecule has 1 aromatic carbocycles. The zero-order valence-corrected chi connectivity index (χ0v) is 12.7. The molecule has 2 aromatic rings. The van der Waals surface area contributed by atoms with Crippen LogP contribution in [0.4, 0.5) is 10.1 Å². The van der Waals surface area contributed by atoms with Gasteiger partial charge in [0, 0.05) is 17.8 Å². The second-order valence-electron chi connectivity index (χ2n) is 4.27. The van der Waals surface area contributed by atoms with Gasteiger partial charge in [-0.25, -0.2) is 12.8 Å². The molecular weight excluding hydrogens is 319 g/mol. The van der Waals surface area contributed by atoms with E-state index >= 15 is 0 Å². The second kappa shape index (κ2) is 6.42. The predicted octanol–water partition coefficient (Wildman–Crippen LogP) is 1.70. The number of likely N-dealkylation sites (N-methyl/N-ethyl adjacent to an activating group) is 1. The van der Waals surface area contributed by atoms with Gasteiger partial charge in [0.2, 0.25) is 0 Å². The van der Waals surface area contributed by atoms with E-state index in [-0.39, 0.29) is 15.6 Å². The van der Waals surface area contributed by atoms with Gasteiger partial charge in [-0.05, 0) is 25.2 Å². The van der Waals surface area contributed by atoms with Crippen LogP contribution < -0.4 is 10.0 Å². The molecule has 0 fully saturated rings. The fourth-order valence-corrected chi connectivity index (χ4v) is 2.79. The molecular formula is C12H14ClFN4O2S. The van der Waals surface area contributed by atoms with Crippen LogP contribution >= 0.6 is 11.6 Å². The Kier molecular flexibility index (Phi) is 4.81. The molecule has 114 valence electrons. The first-order valence-electron chi connectivity index (χ1n) is 6.07. The van der Waals surface area contributed by atoms with Gasteiger partial charge >= 0.3 is 0 Å². The van der Waals surface area contributed by atoms with Crippen LogP contribution in [0.3, 0.4) is 0 Å². The number of benzene rings is 1. The Balaban J connectivity index is 2.19. The van der Waals surface area contributed by atoms with Crippen molar-refractivity contribution >= 4 is 27.3 Å². The lowest BCUT2D eigenvalue weighted by molar-refractivity contribution is 0.582. The highest BCUT2D eigenvalue weighted by atomic mass is 35.5. The predicted molar refractivity (Wildman–Crippen MR) is 78.4 cm³/mol. The SMILES string of the molecule is CNCCn1cc(S(=O)(=O)Nc2ccc(Cl)cc2F)cn1. The summed E-state index contributed by atoms with van der Waals surface area (Å²) in [6, 6.07) is 3.70. The van der Waals surface area contributed by atoms with Crippen LogP contribution in [-0.4, -0.2) is 31.8 Å². The third-order valence-corrected chi connectivity index (χ3v) is 4.24. The average Bonchev–Trinajstić information content (AvgIpc) is 2.89. The van der Waals surface area contributed by atoms with E-state index in [0.717, 1.165) is 6.07 Å². The molecule has 0 atom stereocenters. The van der Waals surface area contributed by atoms with Crippen LogP contribution in [0.15, 0.2) is 35.5 Å². The number of anilines is 1. The summed E-state index contributed by atoms with van der Waals surface area (Å²) in [4.78, 5) is -0.0343. The van der Waals surface area contributed by atoms with Crippen molar-refractivity contribution in [3.05, 3.63) is 41.4 Å². The highest BCUT2D eigenvalue weighted by molar-refractivity contribution is 7.92. The van der Waals surface area contributed by atoms with E-state index < -0.39 is 15.8 Å². The highest BCUT2D eigenvalue weighted by Crippen LogP contribution is 2.22. The van der Waals surface area contributed by atoms with Crippen LogP contribution in [0.2, 0.25) is 5.02 Å². The molecule has 2 rings (SSSR count). The van der Waals surface area contributed by atoms with Gasteiger partial charge in [-0.1, -0.05) is 11.6 Å². The van der Waals surface area contributed by atoms with Crippen LogP contribution in [-0.2, 0) is 16.6 Å². The van der Waals surface area contributed by atoms with Crippen LogP contribution in [0, 0.1) is 5.82 Å². The van der Waals surface area contributed by atoms with E-state index in [1.165, 1.54) is 29.2 Å². The lowest BCUT2D eigenvalue weighted by atomic mass is 10.3. The molecule has 9 heteroatoms. The van der Waals surface area contributed by atoms with E-state index in [0.29, 0.717) is 13.1 Å². The number of sulfonamides is 1. The fourth-order valence-electron chi connectivity index (χ4n) is 1.61.